The highest BCUT2D eigenvalue weighted by Gasteiger charge is 2.19. The smallest absolute Gasteiger partial charge is 0.325 e. The number of carboxylic acid groups (broad SMARTS) is 1. The molecule has 0 aliphatic heterocycles. The van der Waals surface area contributed by atoms with Crippen molar-refractivity contribution in [3.8, 4) is 23.6 Å². The molecule has 0 fully saturated rings. The fourth-order valence-corrected chi connectivity index (χ4v) is 4.70. The van der Waals surface area contributed by atoms with E-state index in [1.54, 1.807) is 62.4 Å². The number of carbonyl (C=O) groups excluding carboxylic acids is 2. The molecule has 45 heavy (non-hydrogen) atoms. The van der Waals surface area contributed by atoms with Gasteiger partial charge in [0.1, 0.15) is 23.6 Å². The molecular formula is C30H23Cl4N7O4. The molecule has 0 saturated heterocycles. The third-order valence-electron chi connectivity index (χ3n) is 6.15. The van der Waals surface area contributed by atoms with Crippen LogP contribution < -0.4 is 10.6 Å². The number of aryl methyl sites for hydroxylation is 2. The summed E-state index contributed by atoms with van der Waals surface area (Å²) in [6.45, 7) is 3.20. The van der Waals surface area contributed by atoms with Crippen LogP contribution in [0.2, 0.25) is 20.1 Å². The van der Waals surface area contributed by atoms with E-state index in [1.807, 2.05) is 0 Å². The second-order valence-corrected chi connectivity index (χ2v) is 10.9. The molecule has 0 spiro atoms. The summed E-state index contributed by atoms with van der Waals surface area (Å²) in [4.78, 5) is 40.7. The molecule has 5 aromatic rings. The molecule has 15 heteroatoms. The highest BCUT2D eigenvalue weighted by molar-refractivity contribution is 6.45. The van der Waals surface area contributed by atoms with Crippen LogP contribution in [0.25, 0.3) is 11.3 Å². The van der Waals surface area contributed by atoms with Crippen molar-refractivity contribution in [1.29, 1.82) is 0 Å². The molecule has 2 aromatic carbocycles. The molecule has 2 amide bonds. The maximum absolute atomic E-state index is 12.3. The van der Waals surface area contributed by atoms with Gasteiger partial charge in [-0.3, -0.25) is 14.4 Å². The summed E-state index contributed by atoms with van der Waals surface area (Å²) in [5.74, 6) is 0.734. The second-order valence-electron chi connectivity index (χ2n) is 9.41. The Hall–Kier alpha value is -4.73. The van der Waals surface area contributed by atoms with Gasteiger partial charge < -0.3 is 25.7 Å². The van der Waals surface area contributed by atoms with Gasteiger partial charge in [0.15, 0.2) is 0 Å². The third-order valence-corrected chi connectivity index (χ3v) is 8.04. The quantitative estimate of drug-likeness (QED) is 0.115. The minimum atomic E-state index is -1.00. The Morgan fingerprint density at radius 1 is 0.822 bits per heavy atom. The number of hydrogen-bond donors (Lipinski definition) is 5. The minimum absolute atomic E-state index is 0.174. The van der Waals surface area contributed by atoms with Gasteiger partial charge in [-0.1, -0.05) is 69.7 Å². The predicted octanol–water partition coefficient (Wildman–Crippen LogP) is 7.09. The van der Waals surface area contributed by atoms with E-state index in [0.29, 0.717) is 38.5 Å². The molecule has 0 bridgehead atoms. The number of benzene rings is 2. The number of aliphatic carboxylic acids is 1. The normalized spacial score (nSPS) is 10.4. The molecule has 3 heterocycles. The topological polar surface area (TPSA) is 158 Å². The SMILES string of the molecule is C#Cc1ccc(NC(=O)c2[nH]c(C)c(Cl)c2Cl)cc1.Cc1[nH]c(C(=O)Nc2ccc(-c3cn(CC(=O)O)nn3)cc2)c(Cl)c1Cl. The van der Waals surface area contributed by atoms with Crippen LogP contribution in [0.3, 0.4) is 0 Å². The van der Waals surface area contributed by atoms with Crippen molar-refractivity contribution >= 4 is 75.6 Å². The zero-order valence-electron chi connectivity index (χ0n) is 23.5. The Kier molecular flexibility index (Phi) is 10.6. The number of amides is 2. The van der Waals surface area contributed by atoms with E-state index in [2.05, 4.69) is 36.8 Å². The zero-order chi connectivity index (χ0) is 32.8. The Bertz CT molecular complexity index is 1920. The van der Waals surface area contributed by atoms with Crippen LogP contribution in [-0.4, -0.2) is 47.9 Å². The van der Waals surface area contributed by atoms with Gasteiger partial charge in [0.25, 0.3) is 11.8 Å². The molecule has 0 atom stereocenters. The van der Waals surface area contributed by atoms with Crippen molar-refractivity contribution in [3.63, 3.8) is 0 Å². The number of H-pyrrole nitrogens is 2. The van der Waals surface area contributed by atoms with Crippen LogP contribution >= 0.6 is 46.4 Å². The largest absolute Gasteiger partial charge is 0.480 e. The second kappa shape index (κ2) is 14.4. The van der Waals surface area contributed by atoms with Gasteiger partial charge in [-0.25, -0.2) is 4.68 Å². The maximum atomic E-state index is 12.3. The zero-order valence-corrected chi connectivity index (χ0v) is 26.5. The number of carboxylic acids is 1. The van der Waals surface area contributed by atoms with E-state index >= 15 is 0 Å². The number of aromatic nitrogens is 5. The molecule has 5 rings (SSSR count). The van der Waals surface area contributed by atoms with Crippen LogP contribution in [0.1, 0.15) is 37.9 Å². The number of aromatic amines is 2. The molecule has 0 unspecified atom stereocenters. The van der Waals surface area contributed by atoms with Crippen molar-refractivity contribution in [1.82, 2.24) is 25.0 Å². The first kappa shape index (κ1) is 33.2. The summed E-state index contributed by atoms with van der Waals surface area (Å²) in [7, 11) is 0. The summed E-state index contributed by atoms with van der Waals surface area (Å²) in [5.41, 5.74) is 4.88. The summed E-state index contributed by atoms with van der Waals surface area (Å²) in [6, 6.07) is 13.8. The van der Waals surface area contributed by atoms with E-state index in [-0.39, 0.29) is 33.9 Å². The molecule has 0 radical (unpaired) electrons. The number of carbonyl (C=O) groups is 3. The van der Waals surface area contributed by atoms with Crippen molar-refractivity contribution in [2.24, 2.45) is 0 Å². The molecule has 0 saturated carbocycles. The van der Waals surface area contributed by atoms with E-state index in [1.165, 1.54) is 10.9 Å². The van der Waals surface area contributed by atoms with Gasteiger partial charge in [-0.2, -0.15) is 0 Å². The lowest BCUT2D eigenvalue weighted by Crippen LogP contribution is -2.12. The molecular weight excluding hydrogens is 664 g/mol. The van der Waals surface area contributed by atoms with Crippen LogP contribution in [0.5, 0.6) is 0 Å². The number of nitrogens with zero attached hydrogens (tertiary/aromatic N) is 3. The van der Waals surface area contributed by atoms with Crippen LogP contribution in [0, 0.1) is 26.2 Å². The van der Waals surface area contributed by atoms with E-state index in [4.69, 9.17) is 57.9 Å². The molecule has 11 nitrogen and oxygen atoms in total. The predicted molar refractivity (Wildman–Crippen MR) is 174 cm³/mol. The van der Waals surface area contributed by atoms with Crippen molar-refractivity contribution in [3.05, 3.63) is 103 Å². The lowest BCUT2D eigenvalue weighted by atomic mass is 10.1. The Morgan fingerprint density at radius 2 is 1.29 bits per heavy atom. The highest BCUT2D eigenvalue weighted by atomic mass is 35.5. The monoisotopic (exact) mass is 685 g/mol. The molecule has 5 N–H and O–H groups in total. The lowest BCUT2D eigenvalue weighted by Gasteiger charge is -2.05. The molecule has 0 aliphatic carbocycles. The van der Waals surface area contributed by atoms with Gasteiger partial charge in [0.05, 0.1) is 26.3 Å². The van der Waals surface area contributed by atoms with E-state index in [0.717, 1.165) is 11.1 Å². The Balaban J connectivity index is 0.000000215. The van der Waals surface area contributed by atoms with Gasteiger partial charge in [-0.15, -0.1) is 11.5 Å². The standard InChI is InChI=1S/C16H13Cl2N5O3.C14H10Cl2N2O/c1-8-13(17)14(18)15(19-8)16(26)20-10-4-2-9(3-5-10)11-6-23(22-21-11)7-12(24)25;1-3-9-4-6-10(7-5-9)18-14(19)13-12(16)11(15)8(2)17-13/h2-6,19H,7H2,1H3,(H,20,26)(H,24,25);1,4-7,17H,2H3,(H,18,19). The third kappa shape index (κ3) is 8.06. The number of halogens is 4. The fraction of sp³-hybridized carbons (Fsp3) is 0.100. The van der Waals surface area contributed by atoms with Crippen LogP contribution in [-0.2, 0) is 11.3 Å². The highest BCUT2D eigenvalue weighted by Crippen LogP contribution is 2.31. The average molecular weight is 687 g/mol. The van der Waals surface area contributed by atoms with E-state index < -0.39 is 11.9 Å². The number of hydrogen-bond acceptors (Lipinski definition) is 5. The first-order valence-corrected chi connectivity index (χ1v) is 14.4. The number of anilines is 2. The first-order valence-electron chi connectivity index (χ1n) is 12.9. The van der Waals surface area contributed by atoms with Gasteiger partial charge >= 0.3 is 5.97 Å². The van der Waals surface area contributed by atoms with Crippen molar-refractivity contribution < 1.29 is 19.5 Å². The van der Waals surface area contributed by atoms with Crippen LogP contribution in [0.15, 0.2) is 54.7 Å². The number of terminal acetylenes is 1. The van der Waals surface area contributed by atoms with Crippen LogP contribution in [0.4, 0.5) is 11.4 Å². The van der Waals surface area contributed by atoms with Gasteiger partial charge in [0, 0.05) is 33.9 Å². The Labute approximate surface area is 276 Å². The summed E-state index contributed by atoms with van der Waals surface area (Å²) < 4.78 is 1.23. The molecule has 3 aromatic heterocycles. The minimum Gasteiger partial charge on any atom is -0.480 e. The molecule has 0 aliphatic rings. The summed E-state index contributed by atoms with van der Waals surface area (Å²) >= 11 is 23.9. The average Bonchev–Trinajstić information content (AvgIpc) is 3.66. The number of nitrogens with one attached hydrogen (secondary N) is 4. The van der Waals surface area contributed by atoms with Crippen molar-refractivity contribution in [2.75, 3.05) is 10.6 Å². The van der Waals surface area contributed by atoms with Gasteiger partial charge in [-0.05, 0) is 50.2 Å². The summed E-state index contributed by atoms with van der Waals surface area (Å²) in [5, 5.41) is 22.9. The Morgan fingerprint density at radius 3 is 1.69 bits per heavy atom. The van der Waals surface area contributed by atoms with E-state index in [9.17, 15) is 14.4 Å². The van der Waals surface area contributed by atoms with Crippen molar-refractivity contribution in [2.45, 2.75) is 20.4 Å². The lowest BCUT2D eigenvalue weighted by molar-refractivity contribution is -0.137. The first-order chi connectivity index (χ1) is 21.4. The fourth-order valence-electron chi connectivity index (χ4n) is 3.86. The summed E-state index contributed by atoms with van der Waals surface area (Å²) in [6.07, 6.45) is 6.79. The maximum Gasteiger partial charge on any atom is 0.325 e. The number of rotatable bonds is 7. The molecule has 230 valence electrons. The van der Waals surface area contributed by atoms with Gasteiger partial charge in [0.2, 0.25) is 0 Å².